The van der Waals surface area contributed by atoms with E-state index in [0.29, 0.717) is 0 Å². The molecular weight excluding hydrogens is 258 g/mol. The smallest absolute Gasteiger partial charge is 0.116 e. The molecule has 21 heavy (non-hydrogen) atoms. The summed E-state index contributed by atoms with van der Waals surface area (Å²) in [5, 5.41) is 9.73. The Morgan fingerprint density at radius 1 is 0.810 bits per heavy atom. The second-order valence-corrected chi connectivity index (χ2v) is 4.73. The summed E-state index contributed by atoms with van der Waals surface area (Å²) in [5.41, 5.74) is 3.98. The molecule has 1 aromatic heterocycles. The van der Waals surface area contributed by atoms with Crippen LogP contribution in [0.2, 0.25) is 0 Å². The highest BCUT2D eigenvalue weighted by molar-refractivity contribution is 5.91. The normalized spacial score (nSPS) is 11.3. The lowest BCUT2D eigenvalue weighted by molar-refractivity contribution is 0.475. The summed E-state index contributed by atoms with van der Waals surface area (Å²) >= 11 is 0. The zero-order valence-electron chi connectivity index (χ0n) is 11.5. The molecule has 0 radical (unpaired) electrons. The van der Waals surface area contributed by atoms with Gasteiger partial charge in [-0.3, -0.25) is 4.98 Å². The zero-order chi connectivity index (χ0) is 14.5. The molecule has 3 rings (SSSR count). The van der Waals surface area contributed by atoms with E-state index in [4.69, 9.17) is 0 Å². The Morgan fingerprint density at radius 3 is 2.29 bits per heavy atom. The standard InChI is InChI=1S/C19H15NO/c21-18-11-6-9-16(13-18)19(15-7-2-1-3-8-15)14-17-10-4-5-12-20-17/h1-14,21H/b19-14+. The zero-order valence-corrected chi connectivity index (χ0v) is 11.5. The number of hydrogen-bond donors (Lipinski definition) is 1. The number of nitrogens with zero attached hydrogens (tertiary/aromatic N) is 1. The highest BCUT2D eigenvalue weighted by Gasteiger charge is 2.06. The third kappa shape index (κ3) is 3.18. The fraction of sp³-hybridized carbons (Fsp3) is 0. The van der Waals surface area contributed by atoms with Crippen molar-refractivity contribution in [3.05, 3.63) is 95.8 Å². The first-order valence-corrected chi connectivity index (χ1v) is 6.80. The number of pyridine rings is 1. The van der Waals surface area contributed by atoms with Gasteiger partial charge in [-0.05, 0) is 47.0 Å². The second-order valence-electron chi connectivity index (χ2n) is 4.73. The Hall–Kier alpha value is -2.87. The number of aromatic nitrogens is 1. The molecule has 102 valence electrons. The average molecular weight is 273 g/mol. The fourth-order valence-corrected chi connectivity index (χ4v) is 2.23. The third-order valence-corrected chi connectivity index (χ3v) is 3.22. The van der Waals surface area contributed by atoms with Crippen molar-refractivity contribution in [2.75, 3.05) is 0 Å². The molecule has 0 atom stereocenters. The summed E-state index contributed by atoms with van der Waals surface area (Å²) in [6.07, 6.45) is 3.81. The Morgan fingerprint density at radius 2 is 1.57 bits per heavy atom. The van der Waals surface area contributed by atoms with Crippen molar-refractivity contribution in [1.82, 2.24) is 4.98 Å². The van der Waals surface area contributed by atoms with Gasteiger partial charge >= 0.3 is 0 Å². The molecule has 0 saturated carbocycles. The highest BCUT2D eigenvalue weighted by Crippen LogP contribution is 2.27. The maximum absolute atomic E-state index is 9.73. The molecule has 0 amide bonds. The molecule has 3 aromatic rings. The van der Waals surface area contributed by atoms with Gasteiger partial charge in [-0.15, -0.1) is 0 Å². The molecule has 0 fully saturated rings. The summed E-state index contributed by atoms with van der Waals surface area (Å²) in [5.74, 6) is 0.260. The van der Waals surface area contributed by atoms with Crippen LogP contribution < -0.4 is 0 Å². The van der Waals surface area contributed by atoms with E-state index in [-0.39, 0.29) is 5.75 Å². The minimum absolute atomic E-state index is 0.260. The number of phenolic OH excluding ortho intramolecular Hbond substituents is 1. The minimum atomic E-state index is 0.260. The maximum atomic E-state index is 9.73. The Labute approximate surface area is 124 Å². The maximum Gasteiger partial charge on any atom is 0.116 e. The van der Waals surface area contributed by atoms with E-state index >= 15 is 0 Å². The number of rotatable bonds is 3. The van der Waals surface area contributed by atoms with Crippen molar-refractivity contribution in [3.63, 3.8) is 0 Å². The van der Waals surface area contributed by atoms with Gasteiger partial charge in [0.2, 0.25) is 0 Å². The molecule has 0 aliphatic carbocycles. The van der Waals surface area contributed by atoms with E-state index in [0.717, 1.165) is 22.4 Å². The first kappa shape index (κ1) is 13.1. The Balaban J connectivity index is 2.14. The third-order valence-electron chi connectivity index (χ3n) is 3.22. The summed E-state index contributed by atoms with van der Waals surface area (Å²) in [7, 11) is 0. The SMILES string of the molecule is Oc1cccc(/C(=C/c2ccccn2)c2ccccc2)c1. The van der Waals surface area contributed by atoms with Crippen LogP contribution >= 0.6 is 0 Å². The molecule has 2 nitrogen and oxygen atoms in total. The molecule has 1 N–H and O–H groups in total. The van der Waals surface area contributed by atoms with Crippen LogP contribution in [0, 0.1) is 0 Å². The highest BCUT2D eigenvalue weighted by atomic mass is 16.3. The summed E-state index contributed by atoms with van der Waals surface area (Å²) in [6.45, 7) is 0. The van der Waals surface area contributed by atoms with Crippen LogP contribution in [0.4, 0.5) is 0 Å². The number of phenols is 1. The number of aromatic hydroxyl groups is 1. The van der Waals surface area contributed by atoms with E-state index in [1.807, 2.05) is 54.6 Å². The molecule has 0 bridgehead atoms. The predicted octanol–water partition coefficient (Wildman–Crippen LogP) is 4.38. The summed E-state index contributed by atoms with van der Waals surface area (Å²) in [4.78, 5) is 4.35. The van der Waals surface area contributed by atoms with Crippen molar-refractivity contribution < 1.29 is 5.11 Å². The van der Waals surface area contributed by atoms with Gasteiger partial charge in [0.25, 0.3) is 0 Å². The first-order chi connectivity index (χ1) is 10.3. The minimum Gasteiger partial charge on any atom is -0.508 e. The van der Waals surface area contributed by atoms with E-state index < -0.39 is 0 Å². The molecule has 0 aliphatic rings. The van der Waals surface area contributed by atoms with E-state index in [1.165, 1.54) is 0 Å². The molecule has 0 unspecified atom stereocenters. The van der Waals surface area contributed by atoms with E-state index in [2.05, 4.69) is 17.1 Å². The van der Waals surface area contributed by atoms with Crippen molar-refractivity contribution in [3.8, 4) is 5.75 Å². The van der Waals surface area contributed by atoms with Gasteiger partial charge in [-0.25, -0.2) is 0 Å². The first-order valence-electron chi connectivity index (χ1n) is 6.80. The van der Waals surface area contributed by atoms with Gasteiger partial charge in [0.15, 0.2) is 0 Å². The van der Waals surface area contributed by atoms with Crippen LogP contribution in [0.1, 0.15) is 16.8 Å². The van der Waals surface area contributed by atoms with Crippen molar-refractivity contribution in [2.24, 2.45) is 0 Å². The Bertz CT molecular complexity index is 749. The van der Waals surface area contributed by atoms with Gasteiger partial charge < -0.3 is 5.11 Å². The van der Waals surface area contributed by atoms with Crippen molar-refractivity contribution in [2.45, 2.75) is 0 Å². The van der Waals surface area contributed by atoms with Gasteiger partial charge in [0, 0.05) is 6.20 Å². The van der Waals surface area contributed by atoms with Crippen LogP contribution in [-0.2, 0) is 0 Å². The lowest BCUT2D eigenvalue weighted by Gasteiger charge is -2.09. The Kier molecular flexibility index (Phi) is 3.79. The largest absolute Gasteiger partial charge is 0.508 e. The summed E-state index contributed by atoms with van der Waals surface area (Å²) in [6, 6.07) is 23.2. The quantitative estimate of drug-likeness (QED) is 0.768. The number of hydrogen-bond acceptors (Lipinski definition) is 2. The molecular formula is C19H15NO. The summed E-state index contributed by atoms with van der Waals surface area (Å²) < 4.78 is 0. The van der Waals surface area contributed by atoms with Gasteiger partial charge in [0.1, 0.15) is 5.75 Å². The van der Waals surface area contributed by atoms with E-state index in [1.54, 1.807) is 18.3 Å². The average Bonchev–Trinajstić information content (AvgIpc) is 2.54. The van der Waals surface area contributed by atoms with Crippen molar-refractivity contribution >= 4 is 11.6 Å². The molecule has 0 saturated heterocycles. The number of benzene rings is 2. The molecule has 0 aliphatic heterocycles. The van der Waals surface area contributed by atoms with Gasteiger partial charge in [-0.2, -0.15) is 0 Å². The van der Waals surface area contributed by atoms with Gasteiger partial charge in [0.05, 0.1) is 5.69 Å². The second kappa shape index (κ2) is 6.06. The van der Waals surface area contributed by atoms with Crippen LogP contribution in [0.25, 0.3) is 11.6 Å². The lowest BCUT2D eigenvalue weighted by Crippen LogP contribution is -1.89. The van der Waals surface area contributed by atoms with Crippen molar-refractivity contribution in [1.29, 1.82) is 0 Å². The van der Waals surface area contributed by atoms with Crippen LogP contribution in [0.15, 0.2) is 79.0 Å². The molecule has 2 aromatic carbocycles. The fourth-order valence-electron chi connectivity index (χ4n) is 2.23. The topological polar surface area (TPSA) is 33.1 Å². The molecule has 1 heterocycles. The van der Waals surface area contributed by atoms with Crippen LogP contribution in [-0.4, -0.2) is 10.1 Å². The lowest BCUT2D eigenvalue weighted by atomic mass is 9.96. The monoisotopic (exact) mass is 273 g/mol. The van der Waals surface area contributed by atoms with Crippen LogP contribution in [0.3, 0.4) is 0 Å². The van der Waals surface area contributed by atoms with Gasteiger partial charge in [-0.1, -0.05) is 48.5 Å². The van der Waals surface area contributed by atoms with E-state index in [9.17, 15) is 5.11 Å². The molecule has 0 spiro atoms. The molecule has 2 heteroatoms. The predicted molar refractivity (Wildman–Crippen MR) is 85.8 cm³/mol. The van der Waals surface area contributed by atoms with Crippen LogP contribution in [0.5, 0.6) is 5.75 Å².